The number of benzene rings is 2. The van der Waals surface area contributed by atoms with Crippen molar-refractivity contribution in [2.45, 2.75) is 5.75 Å². The highest BCUT2D eigenvalue weighted by Crippen LogP contribution is 2.20. The van der Waals surface area contributed by atoms with Gasteiger partial charge in [-0.2, -0.15) is 11.8 Å². The molecule has 0 aliphatic carbocycles. The molecule has 0 bridgehead atoms. The van der Waals surface area contributed by atoms with Crippen LogP contribution in [0, 0.1) is 5.82 Å². The fourth-order valence-corrected chi connectivity index (χ4v) is 4.25. The Morgan fingerprint density at radius 2 is 1.85 bits per heavy atom. The number of rotatable bonds is 9. The van der Waals surface area contributed by atoms with Crippen LogP contribution in [0.3, 0.4) is 0 Å². The number of nitrogens with zero attached hydrogens (tertiary/aromatic N) is 1. The lowest BCUT2D eigenvalue weighted by molar-refractivity contribution is -0.119. The maximum absolute atomic E-state index is 13.0. The van der Waals surface area contributed by atoms with Gasteiger partial charge in [0.2, 0.25) is 15.9 Å². The number of thioether (sulfide) groups is 1. The Morgan fingerprint density at radius 1 is 1.19 bits per heavy atom. The van der Waals surface area contributed by atoms with Crippen LogP contribution in [0.1, 0.15) is 5.56 Å². The van der Waals surface area contributed by atoms with Crippen LogP contribution in [0.15, 0.2) is 48.5 Å². The predicted molar refractivity (Wildman–Crippen MR) is 109 cm³/mol. The number of nitrogens with one attached hydrogen (secondary N) is 1. The molecule has 0 saturated heterocycles. The van der Waals surface area contributed by atoms with Gasteiger partial charge >= 0.3 is 0 Å². The Kier molecular flexibility index (Phi) is 7.94. The Balaban J connectivity index is 1.82. The van der Waals surface area contributed by atoms with E-state index in [9.17, 15) is 17.6 Å². The SMILES string of the molecule is CS(=O)(=O)N(CC(=O)NCCSCc1ccccc1Cl)c1ccc(F)cc1. The molecule has 0 heterocycles. The summed E-state index contributed by atoms with van der Waals surface area (Å²) in [4.78, 5) is 12.1. The van der Waals surface area contributed by atoms with Crippen LogP contribution in [0.5, 0.6) is 0 Å². The summed E-state index contributed by atoms with van der Waals surface area (Å²) in [5, 5.41) is 3.40. The summed E-state index contributed by atoms with van der Waals surface area (Å²) in [6.45, 7) is 0.0363. The molecule has 1 N–H and O–H groups in total. The molecule has 2 aromatic carbocycles. The quantitative estimate of drug-likeness (QED) is 0.620. The van der Waals surface area contributed by atoms with Crippen LogP contribution in [-0.4, -0.2) is 39.4 Å². The van der Waals surface area contributed by atoms with E-state index in [1.54, 1.807) is 11.8 Å². The zero-order valence-electron chi connectivity index (χ0n) is 14.7. The van der Waals surface area contributed by atoms with Crippen molar-refractivity contribution in [3.63, 3.8) is 0 Å². The largest absolute Gasteiger partial charge is 0.354 e. The molecule has 1 amide bonds. The molecule has 27 heavy (non-hydrogen) atoms. The van der Waals surface area contributed by atoms with E-state index in [1.807, 2.05) is 24.3 Å². The highest BCUT2D eigenvalue weighted by molar-refractivity contribution is 7.98. The summed E-state index contributed by atoms with van der Waals surface area (Å²) < 4.78 is 37.9. The van der Waals surface area contributed by atoms with Crippen molar-refractivity contribution in [3.8, 4) is 0 Å². The number of halogens is 2. The van der Waals surface area contributed by atoms with Gasteiger partial charge < -0.3 is 5.32 Å². The molecule has 9 heteroatoms. The van der Waals surface area contributed by atoms with Crippen molar-refractivity contribution < 1.29 is 17.6 Å². The van der Waals surface area contributed by atoms with Crippen molar-refractivity contribution in [3.05, 3.63) is 64.9 Å². The summed E-state index contributed by atoms with van der Waals surface area (Å²) in [5.41, 5.74) is 1.26. The minimum Gasteiger partial charge on any atom is -0.354 e. The standard InChI is InChI=1S/C18H20ClFN2O3S2/c1-27(24,25)22(16-8-6-15(20)7-9-16)12-18(23)21-10-11-26-13-14-4-2-3-5-17(14)19/h2-9H,10-13H2,1H3,(H,21,23). The summed E-state index contributed by atoms with van der Waals surface area (Å²) in [5.74, 6) is 0.475. The lowest BCUT2D eigenvalue weighted by Gasteiger charge is -2.21. The third kappa shape index (κ3) is 7.04. The average molecular weight is 431 g/mol. The fraction of sp³-hybridized carbons (Fsp3) is 0.278. The zero-order valence-corrected chi connectivity index (χ0v) is 17.1. The van der Waals surface area contributed by atoms with E-state index >= 15 is 0 Å². The maximum Gasteiger partial charge on any atom is 0.240 e. The lowest BCUT2D eigenvalue weighted by Crippen LogP contribution is -2.41. The van der Waals surface area contributed by atoms with Gasteiger partial charge in [-0.1, -0.05) is 29.8 Å². The van der Waals surface area contributed by atoms with Crippen molar-refractivity contribution in [1.82, 2.24) is 5.32 Å². The van der Waals surface area contributed by atoms with Crippen LogP contribution in [0.2, 0.25) is 5.02 Å². The van der Waals surface area contributed by atoms with Crippen LogP contribution in [0.25, 0.3) is 0 Å². The molecule has 0 atom stereocenters. The first-order valence-corrected chi connectivity index (χ1v) is 11.5. The van der Waals surface area contributed by atoms with E-state index in [0.717, 1.165) is 34.0 Å². The fourth-order valence-electron chi connectivity index (χ4n) is 2.25. The van der Waals surface area contributed by atoms with E-state index in [1.165, 1.54) is 12.1 Å². The minimum atomic E-state index is -3.67. The molecule has 0 saturated carbocycles. The van der Waals surface area contributed by atoms with E-state index in [0.29, 0.717) is 17.3 Å². The van der Waals surface area contributed by atoms with Gasteiger partial charge in [0.1, 0.15) is 12.4 Å². The van der Waals surface area contributed by atoms with Crippen LogP contribution in [0.4, 0.5) is 10.1 Å². The number of carbonyl (C=O) groups excluding carboxylic acids is 1. The zero-order chi connectivity index (χ0) is 19.9. The molecule has 0 aromatic heterocycles. The first-order valence-electron chi connectivity index (χ1n) is 8.08. The molecular formula is C18H20ClFN2O3S2. The van der Waals surface area contributed by atoms with Gasteiger partial charge in [0.15, 0.2) is 0 Å². The average Bonchev–Trinajstić information content (AvgIpc) is 2.61. The Hall–Kier alpha value is -1.77. The molecule has 0 aliphatic heterocycles. The summed E-state index contributed by atoms with van der Waals surface area (Å²) in [6.07, 6.45) is 1.00. The van der Waals surface area contributed by atoms with E-state index in [2.05, 4.69) is 5.32 Å². The molecule has 0 aliphatic rings. The van der Waals surface area contributed by atoms with Crippen LogP contribution in [-0.2, 0) is 20.6 Å². The Bertz CT molecular complexity index is 876. The summed E-state index contributed by atoms with van der Waals surface area (Å²) in [7, 11) is -3.67. The Morgan fingerprint density at radius 3 is 2.48 bits per heavy atom. The van der Waals surface area contributed by atoms with E-state index in [-0.39, 0.29) is 12.2 Å². The monoisotopic (exact) mass is 430 g/mol. The number of amides is 1. The molecule has 5 nitrogen and oxygen atoms in total. The Labute approximate surface area is 168 Å². The number of anilines is 1. The highest BCUT2D eigenvalue weighted by Gasteiger charge is 2.20. The van der Waals surface area contributed by atoms with Gasteiger partial charge in [-0.25, -0.2) is 12.8 Å². The number of hydrogen-bond donors (Lipinski definition) is 1. The van der Waals surface area contributed by atoms with Crippen LogP contribution < -0.4 is 9.62 Å². The van der Waals surface area contributed by atoms with Crippen molar-refractivity contribution in [2.24, 2.45) is 0 Å². The van der Waals surface area contributed by atoms with Gasteiger partial charge in [-0.05, 0) is 35.9 Å². The molecule has 0 spiro atoms. The topological polar surface area (TPSA) is 66.5 Å². The second-order valence-corrected chi connectivity index (χ2v) is 9.16. The van der Waals surface area contributed by atoms with E-state index in [4.69, 9.17) is 11.6 Å². The molecule has 0 unspecified atom stereocenters. The summed E-state index contributed by atoms with van der Waals surface area (Å²) >= 11 is 7.70. The van der Waals surface area contributed by atoms with Gasteiger partial charge in [-0.15, -0.1) is 0 Å². The van der Waals surface area contributed by atoms with Gasteiger partial charge in [-0.3, -0.25) is 9.10 Å². The number of sulfonamides is 1. The first kappa shape index (κ1) is 21.5. The number of carbonyl (C=O) groups is 1. The second kappa shape index (κ2) is 9.96. The lowest BCUT2D eigenvalue weighted by atomic mass is 10.2. The van der Waals surface area contributed by atoms with Crippen molar-refractivity contribution in [2.75, 3.05) is 29.4 Å². The maximum atomic E-state index is 13.0. The van der Waals surface area contributed by atoms with Crippen molar-refractivity contribution >= 4 is 45.0 Å². The van der Waals surface area contributed by atoms with E-state index < -0.39 is 21.7 Å². The second-order valence-electron chi connectivity index (χ2n) is 5.74. The molecule has 0 radical (unpaired) electrons. The number of hydrogen-bond acceptors (Lipinski definition) is 4. The highest BCUT2D eigenvalue weighted by atomic mass is 35.5. The summed E-state index contributed by atoms with van der Waals surface area (Å²) in [6, 6.07) is 12.5. The molecule has 2 rings (SSSR count). The van der Waals surface area contributed by atoms with Gasteiger partial charge in [0, 0.05) is 23.1 Å². The third-order valence-electron chi connectivity index (χ3n) is 3.59. The predicted octanol–water partition coefficient (Wildman–Crippen LogP) is 3.29. The van der Waals surface area contributed by atoms with Gasteiger partial charge in [0.05, 0.1) is 11.9 Å². The molecular weight excluding hydrogens is 411 g/mol. The first-order chi connectivity index (χ1) is 12.8. The van der Waals surface area contributed by atoms with Crippen molar-refractivity contribution in [1.29, 1.82) is 0 Å². The smallest absolute Gasteiger partial charge is 0.240 e. The minimum absolute atomic E-state index is 0.238. The third-order valence-corrected chi connectivity index (χ3v) is 6.10. The molecule has 0 fully saturated rings. The normalized spacial score (nSPS) is 11.2. The molecule has 2 aromatic rings. The molecule has 146 valence electrons. The van der Waals surface area contributed by atoms with Gasteiger partial charge in [0.25, 0.3) is 0 Å². The van der Waals surface area contributed by atoms with Crippen LogP contribution >= 0.6 is 23.4 Å².